The maximum absolute atomic E-state index is 12.2. The normalized spacial score (nSPS) is 13.0. The summed E-state index contributed by atoms with van der Waals surface area (Å²) in [5.74, 6) is -0.291. The van der Waals surface area contributed by atoms with Gasteiger partial charge in [0, 0.05) is 23.8 Å². The number of carbonyl (C=O) groups excluding carboxylic acids is 3. The molecule has 0 spiro atoms. The number of pyridine rings is 1. The molecule has 2 heterocycles. The van der Waals surface area contributed by atoms with Crippen LogP contribution in [-0.2, 0) is 0 Å². The van der Waals surface area contributed by atoms with Crippen LogP contribution in [0.2, 0.25) is 0 Å². The molecule has 1 aliphatic rings. The van der Waals surface area contributed by atoms with Crippen LogP contribution in [0.15, 0.2) is 47.1 Å². The molecule has 24 heavy (non-hydrogen) atoms. The number of benzene rings is 1. The number of urea groups is 1. The van der Waals surface area contributed by atoms with E-state index in [0.29, 0.717) is 16.9 Å². The van der Waals surface area contributed by atoms with Crippen molar-refractivity contribution in [2.75, 3.05) is 18.4 Å². The fourth-order valence-corrected chi connectivity index (χ4v) is 2.69. The number of amides is 4. The number of nitrogens with one attached hydrogen (secondary N) is 2. The highest BCUT2D eigenvalue weighted by Crippen LogP contribution is 2.21. The first-order valence-electron chi connectivity index (χ1n) is 7.18. The van der Waals surface area contributed by atoms with Gasteiger partial charge < -0.3 is 5.32 Å². The molecule has 0 fully saturated rings. The Bertz CT molecular complexity index is 789. The Morgan fingerprint density at radius 3 is 2.42 bits per heavy atom. The maximum Gasteiger partial charge on any atom is 0.320 e. The van der Waals surface area contributed by atoms with Gasteiger partial charge in [-0.2, -0.15) is 0 Å². The fraction of sp³-hybridized carbons (Fsp3) is 0.125. The number of halogens is 1. The van der Waals surface area contributed by atoms with E-state index in [2.05, 4.69) is 31.5 Å². The first kappa shape index (κ1) is 16.1. The van der Waals surface area contributed by atoms with Crippen molar-refractivity contribution < 1.29 is 14.4 Å². The number of carbonyl (C=O) groups is 3. The van der Waals surface area contributed by atoms with E-state index in [-0.39, 0.29) is 24.9 Å². The molecule has 0 radical (unpaired) electrons. The first-order valence-corrected chi connectivity index (χ1v) is 7.97. The summed E-state index contributed by atoms with van der Waals surface area (Å²) in [6.45, 7) is 0.247. The molecular weight excluding hydrogens is 376 g/mol. The summed E-state index contributed by atoms with van der Waals surface area (Å²) < 4.78 is 0.791. The van der Waals surface area contributed by atoms with Gasteiger partial charge in [0.2, 0.25) is 0 Å². The number of aromatic nitrogens is 1. The van der Waals surface area contributed by atoms with Gasteiger partial charge in [0.15, 0.2) is 0 Å². The highest BCUT2D eigenvalue weighted by molar-refractivity contribution is 9.10. The highest BCUT2D eigenvalue weighted by Gasteiger charge is 2.34. The molecule has 7 nitrogen and oxygen atoms in total. The molecule has 0 bridgehead atoms. The van der Waals surface area contributed by atoms with Gasteiger partial charge >= 0.3 is 6.03 Å². The van der Waals surface area contributed by atoms with E-state index in [1.54, 1.807) is 42.6 Å². The van der Waals surface area contributed by atoms with E-state index in [1.165, 1.54) is 0 Å². The summed E-state index contributed by atoms with van der Waals surface area (Å²) in [7, 11) is 0. The molecule has 1 aliphatic heterocycles. The SMILES string of the molecule is O=C(NCCN1C(=O)c2ccccc2C1=O)Nc1cc(Br)ccn1. The van der Waals surface area contributed by atoms with E-state index >= 15 is 0 Å². The lowest BCUT2D eigenvalue weighted by molar-refractivity contribution is 0.0656. The van der Waals surface area contributed by atoms with Crippen molar-refractivity contribution in [2.24, 2.45) is 0 Å². The zero-order valence-corrected chi connectivity index (χ0v) is 14.0. The van der Waals surface area contributed by atoms with Crippen molar-refractivity contribution in [3.8, 4) is 0 Å². The minimum atomic E-state index is -0.461. The molecule has 2 N–H and O–H groups in total. The second-order valence-corrected chi connectivity index (χ2v) is 5.96. The van der Waals surface area contributed by atoms with E-state index in [1.807, 2.05) is 0 Å². The maximum atomic E-state index is 12.2. The van der Waals surface area contributed by atoms with Gasteiger partial charge in [0.1, 0.15) is 5.82 Å². The Hall–Kier alpha value is -2.74. The van der Waals surface area contributed by atoms with Crippen LogP contribution >= 0.6 is 15.9 Å². The third-order valence-corrected chi connectivity index (χ3v) is 3.96. The molecule has 2 aromatic rings. The lowest BCUT2D eigenvalue weighted by Crippen LogP contribution is -2.39. The quantitative estimate of drug-likeness (QED) is 0.785. The summed E-state index contributed by atoms with van der Waals surface area (Å²) in [5, 5.41) is 5.16. The Balaban J connectivity index is 1.53. The van der Waals surface area contributed by atoms with Gasteiger partial charge in [0.25, 0.3) is 11.8 Å². The third kappa shape index (κ3) is 3.28. The van der Waals surface area contributed by atoms with E-state index in [0.717, 1.165) is 9.37 Å². The van der Waals surface area contributed by atoms with E-state index < -0.39 is 6.03 Å². The van der Waals surface area contributed by atoms with Crippen molar-refractivity contribution in [3.05, 3.63) is 58.2 Å². The predicted molar refractivity (Wildman–Crippen MR) is 90.8 cm³/mol. The molecule has 0 aliphatic carbocycles. The second kappa shape index (κ2) is 6.79. The van der Waals surface area contributed by atoms with Gasteiger partial charge in [-0.1, -0.05) is 28.1 Å². The van der Waals surface area contributed by atoms with Crippen LogP contribution in [-0.4, -0.2) is 40.8 Å². The number of imide groups is 1. The molecule has 0 atom stereocenters. The number of hydrogen-bond donors (Lipinski definition) is 2. The largest absolute Gasteiger partial charge is 0.336 e. The number of hydrogen-bond acceptors (Lipinski definition) is 4. The van der Waals surface area contributed by atoms with E-state index in [4.69, 9.17) is 0 Å². The summed E-state index contributed by atoms with van der Waals surface area (Å²) >= 11 is 3.28. The van der Waals surface area contributed by atoms with Gasteiger partial charge in [0.05, 0.1) is 11.1 Å². The predicted octanol–water partition coefficient (Wildman–Crippen LogP) is 2.26. The summed E-state index contributed by atoms with van der Waals surface area (Å²) in [5.41, 5.74) is 0.788. The standard InChI is InChI=1S/C16H13BrN4O3/c17-10-5-6-18-13(9-10)20-16(24)19-7-8-21-14(22)11-3-1-2-4-12(11)15(21)23/h1-6,9H,7-8H2,(H2,18,19,20,24). The van der Waals surface area contributed by atoms with Crippen LogP contribution in [0.1, 0.15) is 20.7 Å². The molecule has 122 valence electrons. The molecule has 0 unspecified atom stereocenters. The minimum Gasteiger partial charge on any atom is -0.336 e. The number of anilines is 1. The second-order valence-electron chi connectivity index (χ2n) is 5.05. The summed E-state index contributed by atoms with van der Waals surface area (Å²) in [6.07, 6.45) is 1.55. The van der Waals surface area contributed by atoms with Crippen LogP contribution < -0.4 is 10.6 Å². The molecule has 1 aromatic heterocycles. The van der Waals surface area contributed by atoms with Crippen LogP contribution in [0.25, 0.3) is 0 Å². The Morgan fingerprint density at radius 2 is 1.79 bits per heavy atom. The Labute approximate surface area is 146 Å². The smallest absolute Gasteiger partial charge is 0.320 e. The van der Waals surface area contributed by atoms with Gasteiger partial charge in [-0.05, 0) is 24.3 Å². The van der Waals surface area contributed by atoms with Crippen LogP contribution in [0.4, 0.5) is 10.6 Å². The van der Waals surface area contributed by atoms with Gasteiger partial charge in [-0.3, -0.25) is 19.8 Å². The van der Waals surface area contributed by atoms with Crippen molar-refractivity contribution in [1.29, 1.82) is 0 Å². The average Bonchev–Trinajstić information content (AvgIpc) is 2.80. The third-order valence-electron chi connectivity index (χ3n) is 3.46. The van der Waals surface area contributed by atoms with Crippen molar-refractivity contribution >= 4 is 39.6 Å². The van der Waals surface area contributed by atoms with Crippen molar-refractivity contribution in [1.82, 2.24) is 15.2 Å². The number of fused-ring (bicyclic) bond motifs is 1. The molecule has 3 rings (SSSR count). The fourth-order valence-electron chi connectivity index (χ4n) is 2.36. The average molecular weight is 389 g/mol. The van der Waals surface area contributed by atoms with Gasteiger partial charge in [-0.15, -0.1) is 0 Å². The molecule has 8 heteroatoms. The highest BCUT2D eigenvalue weighted by atomic mass is 79.9. The van der Waals surface area contributed by atoms with Gasteiger partial charge in [-0.25, -0.2) is 9.78 Å². The lowest BCUT2D eigenvalue weighted by Gasteiger charge is -2.14. The molecule has 0 saturated carbocycles. The number of nitrogens with zero attached hydrogens (tertiary/aromatic N) is 2. The molecule has 1 aromatic carbocycles. The van der Waals surface area contributed by atoms with E-state index in [9.17, 15) is 14.4 Å². The minimum absolute atomic E-state index is 0.103. The zero-order valence-electron chi connectivity index (χ0n) is 12.5. The molecule has 0 saturated heterocycles. The van der Waals surface area contributed by atoms with Crippen LogP contribution in [0.5, 0.6) is 0 Å². The Morgan fingerprint density at radius 1 is 1.12 bits per heavy atom. The lowest BCUT2D eigenvalue weighted by atomic mass is 10.1. The topological polar surface area (TPSA) is 91.4 Å². The van der Waals surface area contributed by atoms with Crippen LogP contribution in [0.3, 0.4) is 0 Å². The zero-order chi connectivity index (χ0) is 17.1. The summed E-state index contributed by atoms with van der Waals surface area (Å²) in [6, 6.07) is 9.60. The monoisotopic (exact) mass is 388 g/mol. The van der Waals surface area contributed by atoms with Crippen molar-refractivity contribution in [2.45, 2.75) is 0 Å². The van der Waals surface area contributed by atoms with Crippen LogP contribution in [0, 0.1) is 0 Å². The Kier molecular flexibility index (Phi) is 4.57. The molecule has 4 amide bonds. The first-order chi connectivity index (χ1) is 11.6. The van der Waals surface area contributed by atoms with Crippen molar-refractivity contribution in [3.63, 3.8) is 0 Å². The molecular formula is C16H13BrN4O3. The number of rotatable bonds is 4. The summed E-state index contributed by atoms with van der Waals surface area (Å²) in [4.78, 5) is 41.3.